The van der Waals surface area contributed by atoms with Gasteiger partial charge >= 0.3 is 0 Å². The smallest absolute Gasteiger partial charge is 0.151 e. The number of hydrogen-bond acceptors (Lipinski definition) is 5. The fourth-order valence-corrected chi connectivity index (χ4v) is 3.53. The summed E-state index contributed by atoms with van der Waals surface area (Å²) in [7, 11) is 0. The molecule has 3 atom stereocenters. The molecular weight excluding hydrogens is 202 g/mol. The van der Waals surface area contributed by atoms with Crippen LogP contribution in [0, 0.1) is 6.92 Å². The van der Waals surface area contributed by atoms with E-state index in [1.54, 1.807) is 6.33 Å². The van der Waals surface area contributed by atoms with Crippen molar-refractivity contribution in [1.29, 1.82) is 0 Å². The van der Waals surface area contributed by atoms with Crippen LogP contribution in [0.5, 0.6) is 0 Å². The van der Waals surface area contributed by atoms with Crippen LogP contribution in [-0.4, -0.2) is 33.5 Å². The molecule has 3 unspecified atom stereocenters. The Hall–Kier alpha value is -1.20. The largest absolute Gasteiger partial charge is 0.293 e. The number of fused-ring (bicyclic) bond motifs is 2. The summed E-state index contributed by atoms with van der Waals surface area (Å²) >= 11 is 0. The SMILES string of the molecule is Cc1ncnc2c1C1CC3CC(CN2N)N31. The number of anilines is 1. The lowest BCUT2D eigenvalue weighted by atomic mass is 9.75. The average molecular weight is 217 g/mol. The number of aryl methyl sites for hydroxylation is 1. The Morgan fingerprint density at radius 3 is 3.00 bits per heavy atom. The third-order valence-electron chi connectivity index (χ3n) is 4.32. The van der Waals surface area contributed by atoms with Crippen LogP contribution in [-0.2, 0) is 0 Å². The van der Waals surface area contributed by atoms with Crippen molar-refractivity contribution in [2.24, 2.45) is 5.84 Å². The van der Waals surface area contributed by atoms with Gasteiger partial charge in [0.25, 0.3) is 0 Å². The van der Waals surface area contributed by atoms with E-state index in [1.165, 1.54) is 18.4 Å². The first kappa shape index (κ1) is 8.90. The summed E-state index contributed by atoms with van der Waals surface area (Å²) in [4.78, 5) is 11.2. The monoisotopic (exact) mass is 217 g/mol. The molecule has 0 aliphatic carbocycles. The Balaban J connectivity index is 1.89. The Bertz CT molecular complexity index is 460. The summed E-state index contributed by atoms with van der Waals surface area (Å²) < 4.78 is 0. The highest BCUT2D eigenvalue weighted by Crippen LogP contribution is 2.53. The quantitative estimate of drug-likeness (QED) is 0.636. The second-order valence-corrected chi connectivity index (χ2v) is 5.09. The zero-order valence-electron chi connectivity index (χ0n) is 9.30. The number of hydrazine groups is 1. The molecule has 84 valence electrons. The highest BCUT2D eigenvalue weighted by molar-refractivity contribution is 5.52. The van der Waals surface area contributed by atoms with Crippen LogP contribution in [0.15, 0.2) is 6.33 Å². The summed E-state index contributed by atoms with van der Waals surface area (Å²) in [5.74, 6) is 7.03. The molecule has 2 N–H and O–H groups in total. The zero-order chi connectivity index (χ0) is 10.9. The van der Waals surface area contributed by atoms with E-state index in [1.807, 2.05) is 5.01 Å². The molecule has 16 heavy (non-hydrogen) atoms. The molecule has 2 saturated heterocycles. The van der Waals surface area contributed by atoms with Crippen molar-refractivity contribution in [3.8, 4) is 0 Å². The molecule has 5 heteroatoms. The maximum absolute atomic E-state index is 6.10. The van der Waals surface area contributed by atoms with Crippen LogP contribution in [0.3, 0.4) is 0 Å². The number of nitrogens with two attached hydrogens (primary N) is 1. The Morgan fingerprint density at radius 1 is 1.31 bits per heavy atom. The van der Waals surface area contributed by atoms with Crippen LogP contribution >= 0.6 is 0 Å². The first-order valence-electron chi connectivity index (χ1n) is 5.87. The lowest BCUT2D eigenvalue weighted by molar-refractivity contribution is -0.114. The second kappa shape index (κ2) is 2.73. The number of aromatic nitrogens is 2. The fourth-order valence-electron chi connectivity index (χ4n) is 3.53. The Labute approximate surface area is 94.2 Å². The van der Waals surface area contributed by atoms with Crippen molar-refractivity contribution in [3.63, 3.8) is 0 Å². The van der Waals surface area contributed by atoms with E-state index >= 15 is 0 Å². The lowest BCUT2D eigenvalue weighted by Gasteiger charge is -2.61. The number of hydrogen-bond donors (Lipinski definition) is 1. The van der Waals surface area contributed by atoms with Gasteiger partial charge in [-0.25, -0.2) is 15.8 Å². The summed E-state index contributed by atoms with van der Waals surface area (Å²) in [6.45, 7) is 2.96. The minimum atomic E-state index is 0.522. The lowest BCUT2D eigenvalue weighted by Crippen LogP contribution is -2.67. The molecule has 0 bridgehead atoms. The molecule has 4 rings (SSSR count). The molecule has 3 aliphatic rings. The molecule has 5 nitrogen and oxygen atoms in total. The molecule has 0 saturated carbocycles. The van der Waals surface area contributed by atoms with Gasteiger partial charge in [-0.2, -0.15) is 0 Å². The summed E-state index contributed by atoms with van der Waals surface area (Å²) in [5.41, 5.74) is 2.33. The topological polar surface area (TPSA) is 58.3 Å². The van der Waals surface area contributed by atoms with E-state index in [4.69, 9.17) is 5.84 Å². The number of rotatable bonds is 0. The number of piperidine rings is 1. The van der Waals surface area contributed by atoms with Gasteiger partial charge in [0.2, 0.25) is 0 Å². The van der Waals surface area contributed by atoms with Gasteiger partial charge in [-0.05, 0) is 19.8 Å². The number of nitrogens with zero attached hydrogens (tertiary/aromatic N) is 4. The fraction of sp³-hybridized carbons (Fsp3) is 0.636. The third kappa shape index (κ3) is 0.888. The molecule has 1 aromatic heterocycles. The molecule has 0 radical (unpaired) electrons. The molecule has 2 fully saturated rings. The van der Waals surface area contributed by atoms with Crippen LogP contribution < -0.4 is 10.9 Å². The zero-order valence-corrected chi connectivity index (χ0v) is 9.30. The summed E-state index contributed by atoms with van der Waals surface area (Å²) in [6.07, 6.45) is 4.17. The summed E-state index contributed by atoms with van der Waals surface area (Å²) in [5, 5.41) is 1.81. The van der Waals surface area contributed by atoms with Gasteiger partial charge in [-0.15, -0.1) is 0 Å². The standard InChI is InChI=1S/C11H15N5/c1-6-10-9-3-7-2-8(16(7)9)4-15(12)11(10)14-5-13-6/h5,7-9H,2-4,12H2,1H3. The van der Waals surface area contributed by atoms with Crippen molar-refractivity contribution in [2.75, 3.05) is 11.6 Å². The van der Waals surface area contributed by atoms with Gasteiger partial charge in [0.05, 0.1) is 6.54 Å². The van der Waals surface area contributed by atoms with Gasteiger partial charge in [0.15, 0.2) is 5.82 Å². The molecule has 3 aliphatic heterocycles. The van der Waals surface area contributed by atoms with Crippen molar-refractivity contribution in [1.82, 2.24) is 14.9 Å². The Kier molecular flexibility index (Phi) is 1.52. The van der Waals surface area contributed by atoms with Gasteiger partial charge in [0.1, 0.15) is 6.33 Å². The highest BCUT2D eigenvalue weighted by atomic mass is 15.5. The third-order valence-corrected chi connectivity index (χ3v) is 4.32. The first-order chi connectivity index (χ1) is 7.75. The summed E-state index contributed by atoms with van der Waals surface area (Å²) in [6, 6.07) is 1.95. The van der Waals surface area contributed by atoms with Gasteiger partial charge in [-0.1, -0.05) is 0 Å². The molecule has 0 amide bonds. The maximum Gasteiger partial charge on any atom is 0.151 e. The van der Waals surface area contributed by atoms with Crippen LogP contribution in [0.25, 0.3) is 0 Å². The van der Waals surface area contributed by atoms with E-state index in [0.29, 0.717) is 12.1 Å². The van der Waals surface area contributed by atoms with Crippen molar-refractivity contribution in [2.45, 2.75) is 37.9 Å². The highest BCUT2D eigenvalue weighted by Gasteiger charge is 2.55. The molecule has 0 spiro atoms. The van der Waals surface area contributed by atoms with Gasteiger partial charge in [0, 0.05) is 29.4 Å². The van der Waals surface area contributed by atoms with Crippen LogP contribution in [0.1, 0.15) is 30.1 Å². The van der Waals surface area contributed by atoms with E-state index in [2.05, 4.69) is 21.8 Å². The Morgan fingerprint density at radius 2 is 2.19 bits per heavy atom. The van der Waals surface area contributed by atoms with Gasteiger partial charge in [-0.3, -0.25) is 9.91 Å². The van der Waals surface area contributed by atoms with Gasteiger partial charge < -0.3 is 0 Å². The first-order valence-corrected chi connectivity index (χ1v) is 5.87. The second-order valence-electron chi connectivity index (χ2n) is 5.09. The predicted octanol–water partition coefficient (Wildman–Crippen LogP) is 0.366. The minimum absolute atomic E-state index is 0.522. The maximum atomic E-state index is 6.10. The molecular formula is C11H15N5. The van der Waals surface area contributed by atoms with E-state index in [0.717, 1.165) is 24.1 Å². The molecule has 0 aromatic carbocycles. The molecule has 1 aromatic rings. The van der Waals surface area contributed by atoms with Crippen molar-refractivity contribution in [3.05, 3.63) is 17.6 Å². The van der Waals surface area contributed by atoms with Crippen molar-refractivity contribution >= 4 is 5.82 Å². The van der Waals surface area contributed by atoms with E-state index < -0.39 is 0 Å². The van der Waals surface area contributed by atoms with E-state index in [9.17, 15) is 0 Å². The normalized spacial score (nSPS) is 35.6. The molecule has 4 heterocycles. The van der Waals surface area contributed by atoms with Crippen LogP contribution in [0.4, 0.5) is 5.82 Å². The van der Waals surface area contributed by atoms with E-state index in [-0.39, 0.29) is 0 Å². The predicted molar refractivity (Wildman–Crippen MR) is 59.7 cm³/mol. The minimum Gasteiger partial charge on any atom is -0.293 e. The average Bonchev–Trinajstić information content (AvgIpc) is 2.27. The van der Waals surface area contributed by atoms with Crippen molar-refractivity contribution < 1.29 is 0 Å². The van der Waals surface area contributed by atoms with Crippen LogP contribution in [0.2, 0.25) is 0 Å².